The fourth-order valence-electron chi connectivity index (χ4n) is 2.13. The highest BCUT2D eigenvalue weighted by Gasteiger charge is 2.16. The topological polar surface area (TPSA) is 40.5 Å². The lowest BCUT2D eigenvalue weighted by Crippen LogP contribution is -2.29. The van der Waals surface area contributed by atoms with Crippen LogP contribution in [0.25, 0.3) is 0 Å². The van der Waals surface area contributed by atoms with Crippen LogP contribution in [0.5, 0.6) is 0 Å². The highest BCUT2D eigenvalue weighted by molar-refractivity contribution is 5.71. The highest BCUT2D eigenvalue weighted by Crippen LogP contribution is 2.25. The van der Waals surface area contributed by atoms with Gasteiger partial charge < -0.3 is 10.0 Å². The van der Waals surface area contributed by atoms with E-state index in [1.807, 2.05) is 18.0 Å². The third-order valence-electron chi connectivity index (χ3n) is 3.05. The summed E-state index contributed by atoms with van der Waals surface area (Å²) < 4.78 is 0. The van der Waals surface area contributed by atoms with Gasteiger partial charge in [0.15, 0.2) is 0 Å². The number of aryl methyl sites for hydroxylation is 2. The van der Waals surface area contributed by atoms with Crippen molar-refractivity contribution in [3.8, 4) is 0 Å². The molecular formula is C14H21NO2. The minimum Gasteiger partial charge on any atom is -0.481 e. The number of carboxylic acid groups (broad SMARTS) is 1. The summed E-state index contributed by atoms with van der Waals surface area (Å²) in [6, 6.07) is 6.22. The largest absolute Gasteiger partial charge is 0.481 e. The van der Waals surface area contributed by atoms with Crippen molar-refractivity contribution in [3.05, 3.63) is 29.3 Å². The first-order chi connectivity index (χ1) is 7.97. The van der Waals surface area contributed by atoms with Crippen LogP contribution in [0.4, 0.5) is 5.69 Å². The fourth-order valence-corrected chi connectivity index (χ4v) is 2.13. The van der Waals surface area contributed by atoms with Crippen LogP contribution in [-0.2, 0) is 11.2 Å². The van der Waals surface area contributed by atoms with Crippen molar-refractivity contribution < 1.29 is 9.90 Å². The highest BCUT2D eigenvalue weighted by atomic mass is 16.4. The molecule has 0 aromatic heterocycles. The Bertz CT molecular complexity index is 401. The Morgan fingerprint density at radius 3 is 2.65 bits per heavy atom. The lowest BCUT2D eigenvalue weighted by Gasteiger charge is -2.26. The molecule has 0 aliphatic rings. The Kier molecular flexibility index (Phi) is 4.55. The number of nitrogens with zero attached hydrogens (tertiary/aromatic N) is 1. The Morgan fingerprint density at radius 1 is 1.47 bits per heavy atom. The van der Waals surface area contributed by atoms with Gasteiger partial charge in [-0.15, -0.1) is 0 Å². The van der Waals surface area contributed by atoms with Crippen LogP contribution in [0.3, 0.4) is 0 Å². The molecule has 1 N–H and O–H groups in total. The number of hydrogen-bond acceptors (Lipinski definition) is 2. The van der Waals surface area contributed by atoms with Crippen molar-refractivity contribution in [3.63, 3.8) is 0 Å². The standard InChI is InChI=1S/C14H21NO2/c1-5-12-8-6-7-10(2)13(12)15(4)9-11(3)14(16)17/h6-8,11H,5,9H2,1-4H3,(H,16,17). The smallest absolute Gasteiger partial charge is 0.308 e. The normalized spacial score (nSPS) is 12.2. The Balaban J connectivity index is 2.95. The number of benzene rings is 1. The van der Waals surface area contributed by atoms with Crippen LogP contribution in [0.2, 0.25) is 0 Å². The van der Waals surface area contributed by atoms with Crippen LogP contribution in [0.15, 0.2) is 18.2 Å². The van der Waals surface area contributed by atoms with Gasteiger partial charge in [0, 0.05) is 19.3 Å². The summed E-state index contributed by atoms with van der Waals surface area (Å²) in [6.45, 7) is 6.46. The van der Waals surface area contributed by atoms with E-state index in [-0.39, 0.29) is 5.92 Å². The van der Waals surface area contributed by atoms with Crippen molar-refractivity contribution in [2.24, 2.45) is 5.92 Å². The number of aliphatic carboxylic acids is 1. The molecule has 0 spiro atoms. The SMILES string of the molecule is CCc1cccc(C)c1N(C)CC(C)C(=O)O. The molecule has 3 nitrogen and oxygen atoms in total. The van der Waals surface area contributed by atoms with E-state index in [1.54, 1.807) is 6.92 Å². The van der Waals surface area contributed by atoms with Crippen LogP contribution < -0.4 is 4.90 Å². The molecule has 1 unspecified atom stereocenters. The maximum Gasteiger partial charge on any atom is 0.308 e. The third-order valence-corrected chi connectivity index (χ3v) is 3.05. The zero-order valence-electron chi connectivity index (χ0n) is 11.0. The van der Waals surface area contributed by atoms with E-state index in [0.717, 1.165) is 6.42 Å². The summed E-state index contributed by atoms with van der Waals surface area (Å²) in [7, 11) is 1.96. The van der Waals surface area contributed by atoms with Gasteiger partial charge in [-0.25, -0.2) is 0 Å². The maximum absolute atomic E-state index is 10.9. The molecule has 0 saturated carbocycles. The first-order valence-electron chi connectivity index (χ1n) is 5.99. The number of carboxylic acids is 1. The van der Waals surface area contributed by atoms with Crippen LogP contribution in [0, 0.1) is 12.8 Å². The predicted octanol–water partition coefficient (Wildman–Crippen LogP) is 2.71. The molecule has 1 aromatic carbocycles. The predicted molar refractivity (Wildman–Crippen MR) is 70.6 cm³/mol. The monoisotopic (exact) mass is 235 g/mol. The van der Waals surface area contributed by atoms with E-state index in [2.05, 4.69) is 26.0 Å². The quantitative estimate of drug-likeness (QED) is 0.853. The molecule has 94 valence electrons. The zero-order valence-corrected chi connectivity index (χ0v) is 11.0. The van der Waals surface area contributed by atoms with Gasteiger partial charge in [0.1, 0.15) is 0 Å². The Hall–Kier alpha value is -1.51. The first kappa shape index (κ1) is 13.6. The lowest BCUT2D eigenvalue weighted by atomic mass is 10.0. The summed E-state index contributed by atoms with van der Waals surface area (Å²) >= 11 is 0. The summed E-state index contributed by atoms with van der Waals surface area (Å²) in [4.78, 5) is 12.9. The first-order valence-corrected chi connectivity index (χ1v) is 5.99. The van der Waals surface area contributed by atoms with Gasteiger partial charge in [0.2, 0.25) is 0 Å². The second kappa shape index (κ2) is 5.71. The van der Waals surface area contributed by atoms with Gasteiger partial charge >= 0.3 is 5.97 Å². The Morgan fingerprint density at radius 2 is 2.12 bits per heavy atom. The maximum atomic E-state index is 10.9. The van der Waals surface area contributed by atoms with E-state index < -0.39 is 5.97 Å². The molecule has 0 heterocycles. The molecule has 0 bridgehead atoms. The molecular weight excluding hydrogens is 214 g/mol. The van der Waals surface area contributed by atoms with E-state index in [4.69, 9.17) is 5.11 Å². The van der Waals surface area contributed by atoms with Gasteiger partial charge in [-0.05, 0) is 24.5 Å². The van der Waals surface area contributed by atoms with E-state index in [9.17, 15) is 4.79 Å². The number of rotatable bonds is 5. The van der Waals surface area contributed by atoms with Crippen molar-refractivity contribution in [2.45, 2.75) is 27.2 Å². The summed E-state index contributed by atoms with van der Waals surface area (Å²) in [5.41, 5.74) is 3.64. The fraction of sp³-hybridized carbons (Fsp3) is 0.500. The molecule has 1 atom stereocenters. The summed E-state index contributed by atoms with van der Waals surface area (Å²) in [5, 5.41) is 8.95. The summed E-state index contributed by atoms with van der Waals surface area (Å²) in [5.74, 6) is -1.10. The van der Waals surface area contributed by atoms with Crippen molar-refractivity contribution in [1.29, 1.82) is 0 Å². The molecule has 3 heteroatoms. The van der Waals surface area contributed by atoms with Crippen LogP contribution >= 0.6 is 0 Å². The second-order valence-corrected chi connectivity index (χ2v) is 4.56. The average molecular weight is 235 g/mol. The van der Waals surface area contributed by atoms with Crippen molar-refractivity contribution >= 4 is 11.7 Å². The molecule has 0 amide bonds. The molecule has 0 radical (unpaired) electrons. The van der Waals surface area contributed by atoms with Gasteiger partial charge in [0.05, 0.1) is 5.92 Å². The van der Waals surface area contributed by atoms with Gasteiger partial charge in [0.25, 0.3) is 0 Å². The molecule has 1 rings (SSSR count). The zero-order chi connectivity index (χ0) is 13.0. The molecule has 0 fully saturated rings. The van der Waals surface area contributed by atoms with Crippen molar-refractivity contribution in [1.82, 2.24) is 0 Å². The molecule has 0 saturated heterocycles. The third kappa shape index (κ3) is 3.22. The van der Waals surface area contributed by atoms with Crippen LogP contribution in [-0.4, -0.2) is 24.7 Å². The number of carbonyl (C=O) groups is 1. The summed E-state index contributed by atoms with van der Waals surface area (Å²) in [6.07, 6.45) is 0.961. The minimum absolute atomic E-state index is 0.357. The van der Waals surface area contributed by atoms with Gasteiger partial charge in [-0.3, -0.25) is 4.79 Å². The number of anilines is 1. The number of hydrogen-bond donors (Lipinski definition) is 1. The van der Waals surface area contributed by atoms with E-state index >= 15 is 0 Å². The number of para-hydroxylation sites is 1. The Labute approximate surface area is 103 Å². The molecule has 0 aliphatic heterocycles. The average Bonchev–Trinajstić information content (AvgIpc) is 2.27. The van der Waals surface area contributed by atoms with Gasteiger partial charge in [-0.1, -0.05) is 32.0 Å². The molecule has 17 heavy (non-hydrogen) atoms. The van der Waals surface area contributed by atoms with Gasteiger partial charge in [-0.2, -0.15) is 0 Å². The lowest BCUT2D eigenvalue weighted by molar-refractivity contribution is -0.140. The minimum atomic E-state index is -0.747. The van der Waals surface area contributed by atoms with E-state index in [1.165, 1.54) is 16.8 Å². The second-order valence-electron chi connectivity index (χ2n) is 4.56. The molecule has 1 aromatic rings. The van der Waals surface area contributed by atoms with Crippen molar-refractivity contribution in [2.75, 3.05) is 18.5 Å². The van der Waals surface area contributed by atoms with Crippen LogP contribution in [0.1, 0.15) is 25.0 Å². The van der Waals surface area contributed by atoms with E-state index in [0.29, 0.717) is 6.54 Å². The molecule has 0 aliphatic carbocycles.